The van der Waals surface area contributed by atoms with Gasteiger partial charge in [-0.1, -0.05) is 31.2 Å². The molecule has 2 amide bonds. The third-order valence-corrected chi connectivity index (χ3v) is 4.52. The summed E-state index contributed by atoms with van der Waals surface area (Å²) in [6.07, 6.45) is 3.10. The second-order valence-corrected chi connectivity index (χ2v) is 6.60. The fourth-order valence-electron chi connectivity index (χ4n) is 3.05. The lowest BCUT2D eigenvalue weighted by molar-refractivity contribution is 0.254. The van der Waals surface area contributed by atoms with Crippen LogP contribution in [-0.2, 0) is 12.8 Å². The SMILES string of the molecule is CCCN(CCc1cccc(NC(=O)NC)c1)CCc1cccc(OC)c1. The zero-order valence-electron chi connectivity index (χ0n) is 16.6. The van der Waals surface area contributed by atoms with Crippen LogP contribution in [-0.4, -0.2) is 44.7 Å². The minimum absolute atomic E-state index is 0.196. The summed E-state index contributed by atoms with van der Waals surface area (Å²) < 4.78 is 5.31. The van der Waals surface area contributed by atoms with Crippen LogP contribution >= 0.6 is 0 Å². The fourth-order valence-corrected chi connectivity index (χ4v) is 3.05. The summed E-state index contributed by atoms with van der Waals surface area (Å²) in [7, 11) is 3.32. The largest absolute Gasteiger partial charge is 0.497 e. The van der Waals surface area contributed by atoms with Crippen LogP contribution in [0, 0.1) is 0 Å². The predicted molar refractivity (Wildman–Crippen MR) is 112 cm³/mol. The smallest absolute Gasteiger partial charge is 0.318 e. The number of nitrogens with one attached hydrogen (secondary N) is 2. The number of carbonyl (C=O) groups is 1. The third-order valence-electron chi connectivity index (χ3n) is 4.52. The van der Waals surface area contributed by atoms with E-state index < -0.39 is 0 Å². The molecule has 2 aromatic carbocycles. The minimum Gasteiger partial charge on any atom is -0.497 e. The topological polar surface area (TPSA) is 53.6 Å². The molecule has 0 saturated heterocycles. The Bertz CT molecular complexity index is 718. The van der Waals surface area contributed by atoms with Gasteiger partial charge in [0.2, 0.25) is 0 Å². The summed E-state index contributed by atoms with van der Waals surface area (Å²) in [6.45, 7) is 5.32. The van der Waals surface area contributed by atoms with Crippen molar-refractivity contribution in [1.82, 2.24) is 10.2 Å². The number of nitrogens with zero attached hydrogens (tertiary/aromatic N) is 1. The first-order chi connectivity index (χ1) is 13.1. The maximum absolute atomic E-state index is 11.5. The van der Waals surface area contributed by atoms with Crippen LogP contribution in [0.15, 0.2) is 48.5 Å². The molecule has 27 heavy (non-hydrogen) atoms. The average molecular weight is 370 g/mol. The van der Waals surface area contributed by atoms with Crippen molar-refractivity contribution in [2.45, 2.75) is 26.2 Å². The normalized spacial score (nSPS) is 10.7. The Morgan fingerprint density at radius 2 is 1.67 bits per heavy atom. The van der Waals surface area contributed by atoms with Gasteiger partial charge < -0.3 is 20.3 Å². The first kappa shape index (κ1) is 20.8. The monoisotopic (exact) mass is 369 g/mol. The van der Waals surface area contributed by atoms with Crippen molar-refractivity contribution < 1.29 is 9.53 Å². The second kappa shape index (κ2) is 11.2. The van der Waals surface area contributed by atoms with Gasteiger partial charge in [-0.3, -0.25) is 0 Å². The molecule has 0 fully saturated rings. The van der Waals surface area contributed by atoms with E-state index in [9.17, 15) is 4.79 Å². The van der Waals surface area contributed by atoms with Crippen molar-refractivity contribution in [1.29, 1.82) is 0 Å². The number of carbonyl (C=O) groups excluding carboxylic acids is 1. The highest BCUT2D eigenvalue weighted by molar-refractivity contribution is 5.89. The lowest BCUT2D eigenvalue weighted by atomic mass is 10.1. The number of anilines is 1. The lowest BCUT2D eigenvalue weighted by Gasteiger charge is -2.22. The third kappa shape index (κ3) is 7.31. The molecule has 0 aromatic heterocycles. The van der Waals surface area contributed by atoms with Crippen LogP contribution in [0.2, 0.25) is 0 Å². The van der Waals surface area contributed by atoms with E-state index >= 15 is 0 Å². The van der Waals surface area contributed by atoms with Gasteiger partial charge in [0.15, 0.2) is 0 Å². The van der Waals surface area contributed by atoms with E-state index in [-0.39, 0.29) is 6.03 Å². The fraction of sp³-hybridized carbons (Fsp3) is 0.409. The lowest BCUT2D eigenvalue weighted by Crippen LogP contribution is -2.29. The van der Waals surface area contributed by atoms with E-state index in [0.29, 0.717) is 0 Å². The molecule has 0 radical (unpaired) electrons. The first-order valence-corrected chi connectivity index (χ1v) is 9.57. The van der Waals surface area contributed by atoms with Gasteiger partial charge in [-0.05, 0) is 61.2 Å². The van der Waals surface area contributed by atoms with Gasteiger partial charge in [0.05, 0.1) is 7.11 Å². The molecule has 0 aliphatic heterocycles. The molecule has 146 valence electrons. The van der Waals surface area contributed by atoms with Gasteiger partial charge >= 0.3 is 6.03 Å². The van der Waals surface area contributed by atoms with E-state index in [1.807, 2.05) is 30.3 Å². The number of methoxy groups -OCH3 is 1. The second-order valence-electron chi connectivity index (χ2n) is 6.60. The van der Waals surface area contributed by atoms with Crippen LogP contribution in [0.4, 0.5) is 10.5 Å². The van der Waals surface area contributed by atoms with Crippen LogP contribution < -0.4 is 15.4 Å². The highest BCUT2D eigenvalue weighted by Gasteiger charge is 2.07. The molecule has 0 saturated carbocycles. The molecular formula is C22H31N3O2. The molecule has 0 heterocycles. The molecule has 0 aliphatic carbocycles. The number of benzene rings is 2. The molecule has 0 atom stereocenters. The van der Waals surface area contributed by atoms with Crippen molar-refractivity contribution in [3.63, 3.8) is 0 Å². The molecule has 0 unspecified atom stereocenters. The predicted octanol–water partition coefficient (Wildman–Crippen LogP) is 3.94. The van der Waals surface area contributed by atoms with Gasteiger partial charge in [-0.25, -0.2) is 4.79 Å². The molecule has 0 bridgehead atoms. The average Bonchev–Trinajstić information content (AvgIpc) is 2.70. The van der Waals surface area contributed by atoms with E-state index in [1.165, 1.54) is 11.1 Å². The zero-order valence-corrected chi connectivity index (χ0v) is 16.6. The van der Waals surface area contributed by atoms with E-state index in [2.05, 4.69) is 40.7 Å². The maximum atomic E-state index is 11.5. The standard InChI is InChI=1S/C22H31N3O2/c1-4-13-25(15-12-19-8-6-10-21(17-19)27-3)14-11-18-7-5-9-20(16-18)24-22(26)23-2/h5-10,16-17H,4,11-15H2,1-3H3,(H2,23,24,26). The first-order valence-electron chi connectivity index (χ1n) is 9.57. The van der Waals surface area contributed by atoms with Crippen LogP contribution in [0.25, 0.3) is 0 Å². The van der Waals surface area contributed by atoms with Gasteiger partial charge in [0.1, 0.15) is 5.75 Å². The zero-order chi connectivity index (χ0) is 19.5. The molecule has 2 aromatic rings. The van der Waals surface area contributed by atoms with Crippen molar-refractivity contribution in [3.8, 4) is 5.75 Å². The summed E-state index contributed by atoms with van der Waals surface area (Å²) in [5, 5.41) is 5.40. The molecule has 2 rings (SSSR count). The van der Waals surface area contributed by atoms with Crippen molar-refractivity contribution in [2.75, 3.05) is 39.1 Å². The van der Waals surface area contributed by atoms with Crippen molar-refractivity contribution in [3.05, 3.63) is 59.7 Å². The number of urea groups is 1. The van der Waals surface area contributed by atoms with Gasteiger partial charge in [0, 0.05) is 25.8 Å². The summed E-state index contributed by atoms with van der Waals surface area (Å²) in [4.78, 5) is 14.0. The van der Waals surface area contributed by atoms with E-state index in [0.717, 1.165) is 50.3 Å². The Kier molecular flexibility index (Phi) is 8.65. The summed E-state index contributed by atoms with van der Waals surface area (Å²) in [6, 6.07) is 16.1. The quantitative estimate of drug-likeness (QED) is 0.667. The Morgan fingerprint density at radius 3 is 2.30 bits per heavy atom. The summed E-state index contributed by atoms with van der Waals surface area (Å²) in [5.74, 6) is 0.912. The maximum Gasteiger partial charge on any atom is 0.318 e. The molecule has 5 nitrogen and oxygen atoms in total. The summed E-state index contributed by atoms with van der Waals surface area (Å²) in [5.41, 5.74) is 3.35. The Balaban J connectivity index is 1.90. The Morgan fingerprint density at radius 1 is 1.00 bits per heavy atom. The molecule has 5 heteroatoms. The number of hydrogen-bond donors (Lipinski definition) is 2. The number of rotatable bonds is 10. The molecular weight excluding hydrogens is 338 g/mol. The van der Waals surface area contributed by atoms with E-state index in [1.54, 1.807) is 14.2 Å². The Hall–Kier alpha value is -2.53. The van der Waals surface area contributed by atoms with Crippen LogP contribution in [0.5, 0.6) is 5.75 Å². The van der Waals surface area contributed by atoms with Gasteiger partial charge in [0.25, 0.3) is 0 Å². The molecule has 0 spiro atoms. The minimum atomic E-state index is -0.196. The Labute approximate surface area is 162 Å². The van der Waals surface area contributed by atoms with Gasteiger partial charge in [-0.15, -0.1) is 0 Å². The highest BCUT2D eigenvalue weighted by atomic mass is 16.5. The molecule has 2 N–H and O–H groups in total. The number of hydrogen-bond acceptors (Lipinski definition) is 3. The number of amides is 2. The van der Waals surface area contributed by atoms with Gasteiger partial charge in [-0.2, -0.15) is 0 Å². The summed E-state index contributed by atoms with van der Waals surface area (Å²) >= 11 is 0. The van der Waals surface area contributed by atoms with Crippen molar-refractivity contribution >= 4 is 11.7 Å². The van der Waals surface area contributed by atoms with E-state index in [4.69, 9.17) is 4.74 Å². The highest BCUT2D eigenvalue weighted by Crippen LogP contribution is 2.14. The van der Waals surface area contributed by atoms with Crippen LogP contribution in [0.1, 0.15) is 24.5 Å². The number of ether oxygens (including phenoxy) is 1. The van der Waals surface area contributed by atoms with Crippen molar-refractivity contribution in [2.24, 2.45) is 0 Å². The molecule has 0 aliphatic rings. The van der Waals surface area contributed by atoms with Crippen LogP contribution in [0.3, 0.4) is 0 Å².